The van der Waals surface area contributed by atoms with Gasteiger partial charge in [-0.2, -0.15) is 0 Å². The molecule has 12 nitrogen and oxygen atoms in total. The monoisotopic (exact) mass is 740 g/mol. The minimum absolute atomic E-state index is 0.0240. The molecule has 0 bridgehead atoms. The van der Waals surface area contributed by atoms with Crippen LogP contribution >= 0.6 is 0 Å². The predicted octanol–water partition coefficient (Wildman–Crippen LogP) is 8.52. The maximum Gasteiger partial charge on any atom is 0.279 e. The average Bonchev–Trinajstić information content (AvgIpc) is 3.46. The van der Waals surface area contributed by atoms with Crippen LogP contribution in [-0.4, -0.2) is 42.4 Å². The number of hydroxylamine groups is 1. The Labute approximate surface area is 317 Å². The molecule has 0 aliphatic heterocycles. The molecule has 1 unspecified atom stereocenters. The SMILES string of the molecule is CCC.COc1cc(C(C)ONC(=O)c2ccc(CNC(=O)c3ccc4ccccc4c3)cc2)c([N+](=O)[O-])cc1OCCCC(=O)NC1CCCCCC1. The number of carbonyl (C=O) groups is 3. The first-order valence-electron chi connectivity index (χ1n) is 18.7. The Morgan fingerprint density at radius 1 is 0.852 bits per heavy atom. The third kappa shape index (κ3) is 12.3. The Kier molecular flexibility index (Phi) is 16.3. The fourth-order valence-corrected chi connectivity index (χ4v) is 6.11. The maximum absolute atomic E-state index is 12.9. The van der Waals surface area contributed by atoms with Crippen LogP contribution in [0.2, 0.25) is 0 Å². The normalized spacial score (nSPS) is 13.4. The number of amides is 3. The third-order valence-electron chi connectivity index (χ3n) is 8.98. The minimum atomic E-state index is -0.922. The van der Waals surface area contributed by atoms with Crippen LogP contribution in [-0.2, 0) is 16.2 Å². The highest BCUT2D eigenvalue weighted by Gasteiger charge is 2.25. The van der Waals surface area contributed by atoms with Gasteiger partial charge in [-0.1, -0.05) is 88.4 Å². The highest BCUT2D eigenvalue weighted by atomic mass is 16.7. The number of ether oxygens (including phenoxy) is 2. The molecular weight excluding hydrogens is 688 g/mol. The van der Waals surface area contributed by atoms with Gasteiger partial charge in [-0.25, -0.2) is 5.48 Å². The van der Waals surface area contributed by atoms with Gasteiger partial charge < -0.3 is 20.1 Å². The molecule has 0 aromatic heterocycles. The Hall–Kier alpha value is -5.49. The number of rotatable bonds is 15. The number of hydrogen-bond donors (Lipinski definition) is 3. The topological polar surface area (TPSA) is 158 Å². The van der Waals surface area contributed by atoms with Crippen molar-refractivity contribution in [1.29, 1.82) is 0 Å². The zero-order valence-electron chi connectivity index (χ0n) is 31.7. The van der Waals surface area contributed by atoms with E-state index in [9.17, 15) is 24.5 Å². The molecule has 3 N–H and O–H groups in total. The van der Waals surface area contributed by atoms with Crippen LogP contribution in [0.5, 0.6) is 11.5 Å². The van der Waals surface area contributed by atoms with E-state index in [1.165, 1.54) is 38.5 Å². The number of hydrogen-bond acceptors (Lipinski definition) is 8. The van der Waals surface area contributed by atoms with E-state index < -0.39 is 16.9 Å². The Balaban J connectivity index is 0.00000209. The van der Waals surface area contributed by atoms with Gasteiger partial charge in [0.25, 0.3) is 17.5 Å². The van der Waals surface area contributed by atoms with Gasteiger partial charge in [-0.3, -0.25) is 29.3 Å². The largest absolute Gasteiger partial charge is 0.493 e. The van der Waals surface area contributed by atoms with E-state index >= 15 is 0 Å². The number of benzene rings is 4. The number of carbonyl (C=O) groups excluding carboxylic acids is 3. The summed E-state index contributed by atoms with van der Waals surface area (Å²) in [6.45, 7) is 6.25. The first-order valence-corrected chi connectivity index (χ1v) is 18.7. The van der Waals surface area contributed by atoms with Crippen LogP contribution < -0.4 is 25.6 Å². The molecule has 3 amide bonds. The van der Waals surface area contributed by atoms with Gasteiger partial charge in [-0.15, -0.1) is 0 Å². The standard InChI is InChI=1S/C39H44N4O8.C3H8/c1-26(33-23-35(49-2)36(24-34(33)43(47)48)50-21-9-14-37(44)41-32-12-5-3-4-6-13-32)51-42-39(46)29-17-15-27(16-18-29)25-40-38(45)31-20-19-28-10-7-8-11-30(28)22-31;1-3-2/h7-8,10-11,15-20,22-24,26,32H,3-6,9,12-14,21,25H2,1-2H3,(H,40,45)(H,41,44)(H,42,46);3H2,1-2H3. The molecule has 4 aromatic carbocycles. The van der Waals surface area contributed by atoms with Crippen molar-refractivity contribution in [3.8, 4) is 11.5 Å². The van der Waals surface area contributed by atoms with Crippen molar-refractivity contribution in [2.45, 2.75) is 97.2 Å². The van der Waals surface area contributed by atoms with Gasteiger partial charge >= 0.3 is 0 Å². The van der Waals surface area contributed by atoms with E-state index in [2.05, 4.69) is 30.0 Å². The molecule has 0 radical (unpaired) electrons. The summed E-state index contributed by atoms with van der Waals surface area (Å²) >= 11 is 0. The highest BCUT2D eigenvalue weighted by Crippen LogP contribution is 2.38. The second-order valence-electron chi connectivity index (χ2n) is 13.4. The summed E-state index contributed by atoms with van der Waals surface area (Å²) < 4.78 is 11.3. The van der Waals surface area contributed by atoms with E-state index in [0.29, 0.717) is 17.5 Å². The van der Waals surface area contributed by atoms with Gasteiger partial charge in [0.2, 0.25) is 5.91 Å². The molecule has 0 spiro atoms. The zero-order valence-corrected chi connectivity index (χ0v) is 31.7. The lowest BCUT2D eigenvalue weighted by molar-refractivity contribution is -0.386. The molecule has 12 heteroatoms. The van der Waals surface area contributed by atoms with Crippen LogP contribution in [0.15, 0.2) is 78.9 Å². The number of fused-ring (bicyclic) bond motifs is 1. The molecule has 4 aromatic rings. The summed E-state index contributed by atoms with van der Waals surface area (Å²) in [5, 5.41) is 20.0. The predicted molar refractivity (Wildman–Crippen MR) is 209 cm³/mol. The van der Waals surface area contributed by atoms with E-state index in [0.717, 1.165) is 42.0 Å². The summed E-state index contributed by atoms with van der Waals surface area (Å²) in [6, 6.07) is 22.9. The molecule has 1 aliphatic carbocycles. The van der Waals surface area contributed by atoms with E-state index in [4.69, 9.17) is 14.3 Å². The summed E-state index contributed by atoms with van der Waals surface area (Å²) in [7, 11) is 1.42. The van der Waals surface area contributed by atoms with Gasteiger partial charge in [-0.05, 0) is 72.9 Å². The maximum atomic E-state index is 12.9. The van der Waals surface area contributed by atoms with Gasteiger partial charge in [0.15, 0.2) is 11.5 Å². The van der Waals surface area contributed by atoms with Gasteiger partial charge in [0.05, 0.1) is 30.3 Å². The molecule has 1 atom stereocenters. The first-order chi connectivity index (χ1) is 26.1. The first kappa shape index (κ1) is 41.3. The highest BCUT2D eigenvalue weighted by molar-refractivity contribution is 5.98. The smallest absolute Gasteiger partial charge is 0.279 e. The van der Waals surface area contributed by atoms with Crippen molar-refractivity contribution in [2.75, 3.05) is 13.7 Å². The summed E-state index contributed by atoms with van der Waals surface area (Å²) in [5.41, 5.74) is 3.91. The number of nitrogens with zero attached hydrogens (tertiary/aromatic N) is 1. The lowest BCUT2D eigenvalue weighted by atomic mass is 10.1. The Morgan fingerprint density at radius 3 is 2.19 bits per heavy atom. The number of nitro benzene ring substituents is 1. The van der Waals surface area contributed by atoms with Crippen LogP contribution in [0.25, 0.3) is 10.8 Å². The van der Waals surface area contributed by atoms with Crippen molar-refractivity contribution >= 4 is 34.2 Å². The van der Waals surface area contributed by atoms with Crippen LogP contribution in [0.4, 0.5) is 5.69 Å². The lowest BCUT2D eigenvalue weighted by Crippen LogP contribution is -2.34. The molecule has 288 valence electrons. The third-order valence-corrected chi connectivity index (χ3v) is 8.98. The lowest BCUT2D eigenvalue weighted by Gasteiger charge is -2.18. The zero-order chi connectivity index (χ0) is 38.9. The molecule has 0 heterocycles. The Morgan fingerprint density at radius 2 is 1.52 bits per heavy atom. The minimum Gasteiger partial charge on any atom is -0.493 e. The summed E-state index contributed by atoms with van der Waals surface area (Å²) in [6.07, 6.45) is 7.73. The van der Waals surface area contributed by atoms with Crippen molar-refractivity contribution < 1.29 is 33.6 Å². The molecule has 1 fully saturated rings. The van der Waals surface area contributed by atoms with Crippen molar-refractivity contribution in [2.24, 2.45) is 0 Å². The van der Waals surface area contributed by atoms with E-state index in [1.54, 1.807) is 37.3 Å². The number of methoxy groups -OCH3 is 1. The quantitative estimate of drug-likeness (QED) is 0.0474. The van der Waals surface area contributed by atoms with Crippen LogP contribution in [0.3, 0.4) is 0 Å². The number of nitro groups is 1. The Bertz CT molecular complexity index is 1860. The summed E-state index contributed by atoms with van der Waals surface area (Å²) in [5.74, 6) is -0.361. The molecule has 54 heavy (non-hydrogen) atoms. The van der Waals surface area contributed by atoms with E-state index in [1.807, 2.05) is 36.4 Å². The van der Waals surface area contributed by atoms with Gasteiger partial charge in [0, 0.05) is 30.1 Å². The fraction of sp³-hybridized carbons (Fsp3) is 0.405. The second kappa shape index (κ2) is 21.3. The molecule has 1 aliphatic rings. The molecule has 0 saturated heterocycles. The second-order valence-corrected chi connectivity index (χ2v) is 13.4. The van der Waals surface area contributed by atoms with Crippen molar-refractivity contribution in [3.05, 3.63) is 111 Å². The average molecular weight is 741 g/mol. The van der Waals surface area contributed by atoms with Gasteiger partial charge in [0.1, 0.15) is 6.10 Å². The summed E-state index contributed by atoms with van der Waals surface area (Å²) in [4.78, 5) is 55.0. The van der Waals surface area contributed by atoms with Crippen LogP contribution in [0.1, 0.15) is 117 Å². The fourth-order valence-electron chi connectivity index (χ4n) is 6.11. The van der Waals surface area contributed by atoms with Crippen molar-refractivity contribution in [1.82, 2.24) is 16.1 Å². The number of nitrogens with one attached hydrogen (secondary N) is 3. The molecule has 1 saturated carbocycles. The molecular formula is C42H52N4O8. The van der Waals surface area contributed by atoms with Crippen molar-refractivity contribution in [3.63, 3.8) is 0 Å². The van der Waals surface area contributed by atoms with E-state index in [-0.39, 0.29) is 60.2 Å². The van der Waals surface area contributed by atoms with Crippen LogP contribution in [0, 0.1) is 10.1 Å². The molecule has 5 rings (SSSR count).